The normalized spacial score (nSPS) is 10.3. The van der Waals surface area contributed by atoms with E-state index < -0.39 is 5.97 Å². The lowest BCUT2D eigenvalue weighted by molar-refractivity contribution is 0.0690. The van der Waals surface area contributed by atoms with Crippen LogP contribution in [0.3, 0.4) is 0 Å². The molecule has 0 aliphatic carbocycles. The molecule has 1 aromatic carbocycles. The van der Waals surface area contributed by atoms with E-state index in [9.17, 15) is 4.79 Å². The number of carbonyl (C=O) groups is 1. The number of hydrogen-bond acceptors (Lipinski definition) is 4. The van der Waals surface area contributed by atoms with Gasteiger partial charge in [-0.25, -0.2) is 9.78 Å². The molecule has 0 amide bonds. The van der Waals surface area contributed by atoms with Crippen molar-refractivity contribution in [2.24, 2.45) is 0 Å². The molecule has 1 heterocycles. The van der Waals surface area contributed by atoms with Crippen LogP contribution >= 0.6 is 0 Å². The fraction of sp³-hybridized carbons (Fsp3) is 0.286. The zero-order valence-electron chi connectivity index (χ0n) is 11.4. The lowest BCUT2D eigenvalue weighted by atomic mass is 10.3. The zero-order chi connectivity index (χ0) is 14.5. The van der Waals surface area contributed by atoms with Crippen molar-refractivity contribution < 1.29 is 19.4 Å². The molecule has 1 aromatic heterocycles. The first-order valence-corrected chi connectivity index (χ1v) is 6.20. The van der Waals surface area contributed by atoms with Crippen LogP contribution in [-0.4, -0.2) is 27.7 Å². The first-order valence-electron chi connectivity index (χ1n) is 6.20. The molecular weight excluding hydrogens is 260 g/mol. The molecule has 0 saturated carbocycles. The smallest absolute Gasteiger partial charge is 0.356 e. The summed E-state index contributed by atoms with van der Waals surface area (Å²) in [6.45, 7) is 2.78. The van der Waals surface area contributed by atoms with E-state index in [1.165, 1.54) is 6.20 Å². The molecule has 0 saturated heterocycles. The van der Waals surface area contributed by atoms with Crippen molar-refractivity contribution in [3.05, 3.63) is 42.0 Å². The van der Waals surface area contributed by atoms with Gasteiger partial charge in [0.05, 0.1) is 7.11 Å². The summed E-state index contributed by atoms with van der Waals surface area (Å²) < 4.78 is 12.4. The van der Waals surface area contributed by atoms with Crippen LogP contribution < -0.4 is 9.47 Å². The Hall–Kier alpha value is -2.50. The number of aromatic nitrogens is 2. The van der Waals surface area contributed by atoms with E-state index in [4.69, 9.17) is 14.6 Å². The molecule has 20 heavy (non-hydrogen) atoms. The highest BCUT2D eigenvalue weighted by molar-refractivity contribution is 5.85. The molecule has 106 valence electrons. The molecule has 6 nitrogen and oxygen atoms in total. The Balaban J connectivity index is 2.07. The number of nitrogens with zero attached hydrogens (tertiary/aromatic N) is 2. The molecule has 0 spiro atoms. The highest BCUT2D eigenvalue weighted by Gasteiger charge is 2.12. The van der Waals surface area contributed by atoms with Gasteiger partial charge in [0.15, 0.2) is 5.69 Å². The van der Waals surface area contributed by atoms with Crippen LogP contribution in [0.4, 0.5) is 0 Å². The van der Waals surface area contributed by atoms with Gasteiger partial charge in [0, 0.05) is 12.7 Å². The van der Waals surface area contributed by atoms with Crippen LogP contribution in [0.25, 0.3) is 0 Å². The van der Waals surface area contributed by atoms with Gasteiger partial charge in [0.2, 0.25) is 0 Å². The number of imidazole rings is 1. The first-order chi connectivity index (χ1) is 9.63. The lowest BCUT2D eigenvalue weighted by Gasteiger charge is -2.08. The number of methoxy groups -OCH3 is 1. The fourth-order valence-electron chi connectivity index (χ4n) is 1.77. The zero-order valence-corrected chi connectivity index (χ0v) is 11.4. The van der Waals surface area contributed by atoms with Crippen molar-refractivity contribution in [3.63, 3.8) is 0 Å². The molecule has 0 atom stereocenters. The maximum Gasteiger partial charge on any atom is 0.356 e. The number of benzene rings is 1. The molecular formula is C14H16N2O4. The molecule has 0 unspecified atom stereocenters. The second-order valence-electron chi connectivity index (χ2n) is 4.10. The van der Waals surface area contributed by atoms with Crippen LogP contribution in [0.2, 0.25) is 0 Å². The SMILES string of the molecule is CCn1cc(C(=O)O)nc1COc1ccc(OC)cc1. The van der Waals surface area contributed by atoms with Gasteiger partial charge >= 0.3 is 5.97 Å². The molecule has 6 heteroatoms. The van der Waals surface area contributed by atoms with Crippen molar-refractivity contribution in [2.45, 2.75) is 20.1 Å². The first kappa shape index (κ1) is 13.9. The van der Waals surface area contributed by atoms with E-state index in [2.05, 4.69) is 4.98 Å². The Morgan fingerprint density at radius 2 is 1.95 bits per heavy atom. The van der Waals surface area contributed by atoms with Crippen LogP contribution in [0.5, 0.6) is 11.5 Å². The van der Waals surface area contributed by atoms with E-state index in [1.54, 1.807) is 35.9 Å². The number of carboxylic acid groups (broad SMARTS) is 1. The summed E-state index contributed by atoms with van der Waals surface area (Å²) in [4.78, 5) is 14.9. The third kappa shape index (κ3) is 3.09. The topological polar surface area (TPSA) is 73.6 Å². The maximum atomic E-state index is 10.9. The van der Waals surface area contributed by atoms with E-state index in [0.717, 1.165) is 5.75 Å². The van der Waals surface area contributed by atoms with E-state index in [-0.39, 0.29) is 12.3 Å². The quantitative estimate of drug-likeness (QED) is 0.875. The van der Waals surface area contributed by atoms with Crippen LogP contribution in [-0.2, 0) is 13.2 Å². The predicted octanol–water partition coefficient (Wildman–Crippen LogP) is 2.19. The highest BCUT2D eigenvalue weighted by Crippen LogP contribution is 2.18. The van der Waals surface area contributed by atoms with Gasteiger partial charge in [-0.15, -0.1) is 0 Å². The van der Waals surface area contributed by atoms with Crippen molar-refractivity contribution in [1.82, 2.24) is 9.55 Å². The van der Waals surface area contributed by atoms with Crippen molar-refractivity contribution in [3.8, 4) is 11.5 Å². The lowest BCUT2D eigenvalue weighted by Crippen LogP contribution is -2.05. The van der Waals surface area contributed by atoms with Gasteiger partial charge in [-0.3, -0.25) is 0 Å². The molecule has 1 N–H and O–H groups in total. The minimum atomic E-state index is -1.04. The Labute approximate surface area is 116 Å². The second-order valence-corrected chi connectivity index (χ2v) is 4.10. The number of ether oxygens (including phenoxy) is 2. The van der Waals surface area contributed by atoms with Crippen LogP contribution in [0.15, 0.2) is 30.5 Å². The summed E-state index contributed by atoms with van der Waals surface area (Å²) in [5.41, 5.74) is 0.0279. The van der Waals surface area contributed by atoms with Gasteiger partial charge in [-0.2, -0.15) is 0 Å². The standard InChI is InChI=1S/C14H16N2O4/c1-3-16-8-12(14(17)18)15-13(16)9-20-11-6-4-10(19-2)5-7-11/h4-8H,3,9H2,1-2H3,(H,17,18). The predicted molar refractivity (Wildman–Crippen MR) is 72.2 cm³/mol. The van der Waals surface area contributed by atoms with Crippen molar-refractivity contribution >= 4 is 5.97 Å². The van der Waals surface area contributed by atoms with Crippen molar-refractivity contribution in [2.75, 3.05) is 7.11 Å². The van der Waals surface area contributed by atoms with Crippen LogP contribution in [0, 0.1) is 0 Å². The maximum absolute atomic E-state index is 10.9. The van der Waals surface area contributed by atoms with Gasteiger partial charge in [-0.05, 0) is 31.2 Å². The number of rotatable bonds is 6. The molecule has 0 fully saturated rings. The minimum Gasteiger partial charge on any atom is -0.497 e. The number of hydrogen-bond donors (Lipinski definition) is 1. The third-order valence-electron chi connectivity index (χ3n) is 2.85. The average Bonchev–Trinajstić information content (AvgIpc) is 2.89. The van der Waals surface area contributed by atoms with Gasteiger partial charge in [0.1, 0.15) is 23.9 Å². The number of carboxylic acids is 1. The summed E-state index contributed by atoms with van der Waals surface area (Å²) in [6.07, 6.45) is 1.51. The molecule has 2 rings (SSSR count). The summed E-state index contributed by atoms with van der Waals surface area (Å²) >= 11 is 0. The summed E-state index contributed by atoms with van der Waals surface area (Å²) in [5.74, 6) is 0.970. The van der Waals surface area contributed by atoms with E-state index in [0.29, 0.717) is 18.1 Å². The number of aromatic carboxylic acids is 1. The summed E-state index contributed by atoms with van der Waals surface area (Å²) in [7, 11) is 1.60. The fourth-order valence-corrected chi connectivity index (χ4v) is 1.77. The average molecular weight is 276 g/mol. The summed E-state index contributed by atoms with van der Waals surface area (Å²) in [5, 5.41) is 8.93. The van der Waals surface area contributed by atoms with Gasteiger partial charge < -0.3 is 19.1 Å². The Bertz CT molecular complexity index is 590. The van der Waals surface area contributed by atoms with E-state index >= 15 is 0 Å². The molecule has 0 radical (unpaired) electrons. The van der Waals surface area contributed by atoms with Gasteiger partial charge in [-0.1, -0.05) is 0 Å². The largest absolute Gasteiger partial charge is 0.497 e. The van der Waals surface area contributed by atoms with Crippen LogP contribution in [0.1, 0.15) is 23.2 Å². The number of aryl methyl sites for hydroxylation is 1. The molecule has 0 bridgehead atoms. The third-order valence-corrected chi connectivity index (χ3v) is 2.85. The monoisotopic (exact) mass is 276 g/mol. The Morgan fingerprint density at radius 3 is 2.50 bits per heavy atom. The molecule has 2 aromatic rings. The molecule has 0 aliphatic rings. The Kier molecular flexibility index (Phi) is 4.24. The van der Waals surface area contributed by atoms with Crippen molar-refractivity contribution in [1.29, 1.82) is 0 Å². The summed E-state index contributed by atoms with van der Waals surface area (Å²) in [6, 6.07) is 7.17. The second kappa shape index (κ2) is 6.10. The van der Waals surface area contributed by atoms with E-state index in [1.807, 2.05) is 6.92 Å². The minimum absolute atomic E-state index is 0.0279. The Morgan fingerprint density at radius 1 is 1.30 bits per heavy atom. The van der Waals surface area contributed by atoms with Gasteiger partial charge in [0.25, 0.3) is 0 Å². The highest BCUT2D eigenvalue weighted by atomic mass is 16.5. The molecule has 0 aliphatic heterocycles.